The lowest BCUT2D eigenvalue weighted by molar-refractivity contribution is 0.0655. The molecule has 3 amide bonds. The first kappa shape index (κ1) is 61.8. The van der Waals surface area contributed by atoms with E-state index in [1.165, 1.54) is 16.9 Å². The Labute approximate surface area is 540 Å². The van der Waals surface area contributed by atoms with E-state index in [1.807, 2.05) is 149 Å². The van der Waals surface area contributed by atoms with Crippen molar-refractivity contribution in [2.75, 3.05) is 96.5 Å². The SMILES string of the molecule is CC(C)c1ccnc(-c2ccnc(Nc3ccc4[nH]c(C(=O)N5CCN(C)CC5)cc4c3)n2)c1.CN(C)C(=O)c1cc2cc(Nc3nccc(-c4ccccn4)n3)ccc2s1.CN1CCN(C(=O)c2cc3cc(Nc4nccc(-c5ccccn5)n4)ccc3s2)CC1. The van der Waals surface area contributed by atoms with Gasteiger partial charge in [-0.15, -0.1) is 22.7 Å². The van der Waals surface area contributed by atoms with Gasteiger partial charge in [-0.1, -0.05) is 26.0 Å². The predicted molar refractivity (Wildman–Crippen MR) is 366 cm³/mol. The number of piperazine rings is 2. The number of carbonyl (C=O) groups is 3. The van der Waals surface area contributed by atoms with Crippen LogP contribution in [0.4, 0.5) is 34.9 Å². The van der Waals surface area contributed by atoms with E-state index in [0.29, 0.717) is 29.5 Å². The minimum atomic E-state index is 0.0112. The molecule has 2 saturated heterocycles. The Hall–Kier alpha value is -10.5. The van der Waals surface area contributed by atoms with E-state index < -0.39 is 0 Å². The predicted octanol–water partition coefficient (Wildman–Crippen LogP) is 12.4. The number of amides is 3. The molecule has 92 heavy (non-hydrogen) atoms. The largest absolute Gasteiger partial charge is 0.351 e. The molecule has 2 aliphatic rings. The summed E-state index contributed by atoms with van der Waals surface area (Å²) in [6.45, 7) is 11.0. The Morgan fingerprint density at radius 1 is 0.457 bits per heavy atom. The summed E-state index contributed by atoms with van der Waals surface area (Å²) in [7, 11) is 7.68. The zero-order chi connectivity index (χ0) is 63.7. The fourth-order valence-electron chi connectivity index (χ4n) is 10.4. The van der Waals surface area contributed by atoms with Gasteiger partial charge in [-0.3, -0.25) is 29.3 Å². The molecule has 14 rings (SSSR count). The van der Waals surface area contributed by atoms with Crippen molar-refractivity contribution in [3.63, 3.8) is 0 Å². The number of nitrogens with zero attached hydrogens (tertiary/aromatic N) is 14. The number of aromatic amines is 1. The second-order valence-electron chi connectivity index (χ2n) is 22.8. The van der Waals surface area contributed by atoms with Gasteiger partial charge in [0.15, 0.2) is 0 Å². The van der Waals surface area contributed by atoms with Crippen LogP contribution in [0.1, 0.15) is 55.2 Å². The second kappa shape index (κ2) is 28.2. The van der Waals surface area contributed by atoms with Crippen LogP contribution in [-0.2, 0) is 0 Å². The number of H-pyrrole nitrogens is 1. The third-order valence-corrected chi connectivity index (χ3v) is 17.8. The number of thiophene rings is 2. The van der Waals surface area contributed by atoms with Crippen LogP contribution in [0.15, 0.2) is 177 Å². The van der Waals surface area contributed by atoms with Crippen molar-refractivity contribution >= 4 is 106 Å². The van der Waals surface area contributed by atoms with E-state index in [-0.39, 0.29) is 17.7 Å². The molecular formula is C69H68N18O3S2. The Balaban J connectivity index is 0.000000134. The molecule has 21 nitrogen and oxygen atoms in total. The maximum absolute atomic E-state index is 12.9. The van der Waals surface area contributed by atoms with Gasteiger partial charge in [0, 0.05) is 141 Å². The topological polar surface area (TPSA) is 235 Å². The summed E-state index contributed by atoms with van der Waals surface area (Å²) in [5.74, 6) is 2.10. The number of hydrogen-bond acceptors (Lipinski definition) is 19. The van der Waals surface area contributed by atoms with E-state index in [2.05, 4.69) is 110 Å². The van der Waals surface area contributed by atoms with Crippen molar-refractivity contribution in [3.8, 4) is 34.2 Å². The summed E-state index contributed by atoms with van der Waals surface area (Å²) in [4.78, 5) is 92.6. The highest BCUT2D eigenvalue weighted by Crippen LogP contribution is 2.33. The minimum absolute atomic E-state index is 0.0112. The Morgan fingerprint density at radius 2 is 0.913 bits per heavy atom. The normalized spacial score (nSPS) is 13.5. The van der Waals surface area contributed by atoms with Crippen LogP contribution in [0.5, 0.6) is 0 Å². The van der Waals surface area contributed by atoms with Crippen molar-refractivity contribution < 1.29 is 14.4 Å². The molecule has 11 heterocycles. The first-order valence-electron chi connectivity index (χ1n) is 30.2. The van der Waals surface area contributed by atoms with Crippen molar-refractivity contribution in [2.24, 2.45) is 0 Å². The smallest absolute Gasteiger partial charge is 0.270 e. The van der Waals surface area contributed by atoms with Gasteiger partial charge >= 0.3 is 0 Å². The van der Waals surface area contributed by atoms with Gasteiger partial charge in [0.05, 0.1) is 43.9 Å². The van der Waals surface area contributed by atoms with Crippen LogP contribution in [0, 0.1) is 0 Å². The van der Waals surface area contributed by atoms with Gasteiger partial charge in [-0.2, -0.15) is 0 Å². The molecule has 0 bridgehead atoms. The first-order chi connectivity index (χ1) is 44.7. The van der Waals surface area contributed by atoms with Crippen LogP contribution >= 0.6 is 22.7 Å². The van der Waals surface area contributed by atoms with Crippen LogP contribution in [-0.4, -0.2) is 173 Å². The lowest BCUT2D eigenvalue weighted by Crippen LogP contribution is -2.47. The van der Waals surface area contributed by atoms with E-state index in [1.54, 1.807) is 61.3 Å². The number of likely N-dealkylation sites (N-methyl/N-ethyl adjacent to an activating group) is 2. The Bertz CT molecular complexity index is 4560. The molecule has 12 aromatic rings. The number of anilines is 6. The lowest BCUT2D eigenvalue weighted by atomic mass is 10.0. The summed E-state index contributed by atoms with van der Waals surface area (Å²) in [5, 5.41) is 12.8. The number of benzene rings is 3. The van der Waals surface area contributed by atoms with Gasteiger partial charge in [0.1, 0.15) is 5.69 Å². The number of nitrogens with one attached hydrogen (secondary N) is 4. The Kier molecular flexibility index (Phi) is 18.9. The summed E-state index contributed by atoms with van der Waals surface area (Å²) in [6, 6.07) is 44.8. The zero-order valence-electron chi connectivity index (χ0n) is 51.8. The van der Waals surface area contributed by atoms with E-state index >= 15 is 0 Å². The number of rotatable bonds is 13. The van der Waals surface area contributed by atoms with Gasteiger partial charge in [0.25, 0.3) is 17.7 Å². The van der Waals surface area contributed by atoms with E-state index in [4.69, 9.17) is 0 Å². The third-order valence-electron chi connectivity index (χ3n) is 15.6. The standard InChI is InChI=1S/C26H29N7O.C23H22N6OS.C20H17N5OS/c1-17(2)18-6-8-27-23(15-18)22-7-9-28-26(31-22)29-20-4-5-21-19(14-20)16-24(30-21)25(34)33-12-10-32(3)11-13-33;1-28-10-12-29(13-11-28)22(30)21-15-16-14-17(5-6-20(16)31-21)26-23-25-9-7-19(27-23)18-4-2-3-8-24-18;1-25(2)19(26)18-12-13-11-14(6-7-17(13)27-18)23-20-22-10-8-16(24-20)15-5-3-4-9-21-15/h4-9,14-17,30H,10-13H2,1-3H3,(H,28,29,31);2-9,14-15H,10-13H2,1H3,(H,25,26,27);3-12H,1-2H3,(H,22,23,24). The van der Waals surface area contributed by atoms with Gasteiger partial charge in [-0.05, 0) is 164 Å². The van der Waals surface area contributed by atoms with Crippen LogP contribution < -0.4 is 16.0 Å². The second-order valence-corrected chi connectivity index (χ2v) is 25.0. The molecule has 4 N–H and O–H groups in total. The number of carbonyl (C=O) groups excluding carboxylic acids is 3. The molecule has 0 spiro atoms. The van der Waals surface area contributed by atoms with Gasteiger partial charge in [0.2, 0.25) is 17.8 Å². The molecule has 23 heteroatoms. The minimum Gasteiger partial charge on any atom is -0.351 e. The molecule has 464 valence electrons. The Morgan fingerprint density at radius 3 is 1.41 bits per heavy atom. The summed E-state index contributed by atoms with van der Waals surface area (Å²) < 4.78 is 2.15. The maximum Gasteiger partial charge on any atom is 0.270 e. The van der Waals surface area contributed by atoms with Crippen LogP contribution in [0.2, 0.25) is 0 Å². The van der Waals surface area contributed by atoms with Crippen molar-refractivity contribution in [3.05, 3.63) is 198 Å². The van der Waals surface area contributed by atoms with Crippen LogP contribution in [0.25, 0.3) is 65.2 Å². The summed E-state index contributed by atoms with van der Waals surface area (Å²) in [5.41, 5.74) is 10.1. The number of fused-ring (bicyclic) bond motifs is 3. The fourth-order valence-corrected chi connectivity index (χ4v) is 12.5. The highest BCUT2D eigenvalue weighted by molar-refractivity contribution is 7.21. The molecule has 2 fully saturated rings. The van der Waals surface area contributed by atoms with Crippen molar-refractivity contribution in [2.45, 2.75) is 19.8 Å². The quantitative estimate of drug-likeness (QED) is 0.0840. The molecule has 0 atom stereocenters. The van der Waals surface area contributed by atoms with Crippen molar-refractivity contribution in [1.82, 2.24) is 74.3 Å². The van der Waals surface area contributed by atoms with Crippen molar-refractivity contribution in [1.29, 1.82) is 0 Å². The molecule has 0 aliphatic carbocycles. The number of hydrogen-bond donors (Lipinski definition) is 4. The lowest BCUT2D eigenvalue weighted by Gasteiger charge is -2.32. The molecule has 9 aromatic heterocycles. The maximum atomic E-state index is 12.9. The third kappa shape index (κ3) is 15.1. The average molecular weight is 1260 g/mol. The molecular weight excluding hydrogens is 1190 g/mol. The van der Waals surface area contributed by atoms with E-state index in [9.17, 15) is 14.4 Å². The van der Waals surface area contributed by atoms with Crippen LogP contribution in [0.3, 0.4) is 0 Å². The highest BCUT2D eigenvalue weighted by atomic mass is 32.1. The molecule has 2 aliphatic heterocycles. The molecule has 0 radical (unpaired) electrons. The fraction of sp³-hybridized carbons (Fsp3) is 0.217. The molecule has 0 saturated carbocycles. The average Bonchev–Trinajstić information content (AvgIpc) is 2.01. The monoisotopic (exact) mass is 1260 g/mol. The van der Waals surface area contributed by atoms with Gasteiger partial charge in [-0.25, -0.2) is 29.9 Å². The summed E-state index contributed by atoms with van der Waals surface area (Å²) in [6.07, 6.45) is 10.5. The van der Waals surface area contributed by atoms with E-state index in [0.717, 1.165) is 144 Å². The summed E-state index contributed by atoms with van der Waals surface area (Å²) >= 11 is 3.03. The number of aromatic nitrogens is 10. The highest BCUT2D eigenvalue weighted by Gasteiger charge is 2.24. The zero-order valence-corrected chi connectivity index (χ0v) is 53.4. The molecule has 0 unspecified atom stereocenters. The van der Waals surface area contributed by atoms with Gasteiger partial charge < -0.3 is 45.4 Å². The number of pyridine rings is 3. The first-order valence-corrected chi connectivity index (χ1v) is 31.8. The molecule has 3 aromatic carbocycles.